The summed E-state index contributed by atoms with van der Waals surface area (Å²) in [5.74, 6) is 0. The van der Waals surface area contributed by atoms with Crippen molar-refractivity contribution in [3.63, 3.8) is 0 Å². The summed E-state index contributed by atoms with van der Waals surface area (Å²) < 4.78 is 5.36. The minimum atomic E-state index is 0.366. The van der Waals surface area contributed by atoms with E-state index in [2.05, 4.69) is 11.0 Å². The van der Waals surface area contributed by atoms with E-state index in [0.29, 0.717) is 25.1 Å². The van der Waals surface area contributed by atoms with Crippen LogP contribution < -0.4 is 5.73 Å². The summed E-state index contributed by atoms with van der Waals surface area (Å²) in [4.78, 5) is 2.40. The number of ether oxygens (including phenoxy) is 1. The molecular weight excluding hydrogens is 190 g/mol. The Morgan fingerprint density at radius 1 is 1.60 bits per heavy atom. The van der Waals surface area contributed by atoms with Gasteiger partial charge in [0.25, 0.3) is 0 Å². The highest BCUT2D eigenvalue weighted by atomic mass is 16.5. The number of hydrogen-bond acceptors (Lipinski definition) is 4. The number of nitrogens with two attached hydrogens (primary N) is 1. The Morgan fingerprint density at radius 2 is 2.40 bits per heavy atom. The molecule has 0 aromatic carbocycles. The zero-order valence-corrected chi connectivity index (χ0v) is 9.48. The van der Waals surface area contributed by atoms with Crippen LogP contribution in [-0.4, -0.2) is 43.8 Å². The summed E-state index contributed by atoms with van der Waals surface area (Å²) in [6.45, 7) is 2.73. The molecule has 2 unspecified atom stereocenters. The van der Waals surface area contributed by atoms with Crippen LogP contribution in [0.25, 0.3) is 0 Å². The molecule has 0 amide bonds. The standard InChI is InChI=1S/C11H21N3O/c1-15-11-4-7-14(6-3-2-5-12)10(8-11)9-13/h10-11H,2-4,6-9,13H2,1H3. The van der Waals surface area contributed by atoms with E-state index >= 15 is 0 Å². The van der Waals surface area contributed by atoms with Crippen LogP contribution in [-0.2, 0) is 4.74 Å². The quantitative estimate of drug-likeness (QED) is 0.681. The lowest BCUT2D eigenvalue weighted by Gasteiger charge is -2.38. The molecule has 0 bridgehead atoms. The van der Waals surface area contributed by atoms with Gasteiger partial charge in [-0.25, -0.2) is 0 Å². The maximum Gasteiger partial charge on any atom is 0.0622 e. The van der Waals surface area contributed by atoms with Crippen LogP contribution in [0.4, 0.5) is 0 Å². The highest BCUT2D eigenvalue weighted by molar-refractivity contribution is 4.83. The second kappa shape index (κ2) is 6.78. The number of methoxy groups -OCH3 is 1. The molecule has 1 heterocycles. The fourth-order valence-electron chi connectivity index (χ4n) is 2.18. The monoisotopic (exact) mass is 211 g/mol. The molecule has 1 aliphatic rings. The number of unbranched alkanes of at least 4 members (excludes halogenated alkanes) is 1. The minimum absolute atomic E-state index is 0.366. The van der Waals surface area contributed by atoms with Crippen LogP contribution in [0.15, 0.2) is 0 Å². The molecule has 4 heteroatoms. The van der Waals surface area contributed by atoms with Crippen molar-refractivity contribution in [2.45, 2.75) is 37.8 Å². The Morgan fingerprint density at radius 3 is 3.00 bits per heavy atom. The van der Waals surface area contributed by atoms with Gasteiger partial charge in [-0.1, -0.05) is 0 Å². The zero-order valence-electron chi connectivity index (χ0n) is 9.48. The second-order valence-corrected chi connectivity index (χ2v) is 4.07. The second-order valence-electron chi connectivity index (χ2n) is 4.07. The van der Waals surface area contributed by atoms with Gasteiger partial charge in [0.05, 0.1) is 12.2 Å². The van der Waals surface area contributed by atoms with E-state index in [1.807, 2.05) is 0 Å². The third kappa shape index (κ3) is 3.78. The Balaban J connectivity index is 2.34. The van der Waals surface area contributed by atoms with Gasteiger partial charge in [-0.3, -0.25) is 4.90 Å². The first-order valence-corrected chi connectivity index (χ1v) is 5.65. The van der Waals surface area contributed by atoms with Gasteiger partial charge in [0.15, 0.2) is 0 Å². The van der Waals surface area contributed by atoms with Crippen LogP contribution in [0.2, 0.25) is 0 Å². The molecule has 2 atom stereocenters. The minimum Gasteiger partial charge on any atom is -0.381 e. The lowest BCUT2D eigenvalue weighted by molar-refractivity contribution is 0.0131. The highest BCUT2D eigenvalue weighted by Crippen LogP contribution is 2.19. The van der Waals surface area contributed by atoms with Gasteiger partial charge in [0.2, 0.25) is 0 Å². The summed E-state index contributed by atoms with van der Waals surface area (Å²) >= 11 is 0. The first kappa shape index (κ1) is 12.4. The van der Waals surface area contributed by atoms with E-state index in [9.17, 15) is 0 Å². The molecule has 0 aromatic heterocycles. The average molecular weight is 211 g/mol. The van der Waals surface area contributed by atoms with E-state index in [1.165, 1.54) is 0 Å². The number of piperidine rings is 1. The van der Waals surface area contributed by atoms with E-state index in [-0.39, 0.29) is 0 Å². The fraction of sp³-hybridized carbons (Fsp3) is 0.909. The number of likely N-dealkylation sites (tertiary alicyclic amines) is 1. The van der Waals surface area contributed by atoms with E-state index in [1.54, 1.807) is 7.11 Å². The molecule has 86 valence electrons. The highest BCUT2D eigenvalue weighted by Gasteiger charge is 2.26. The zero-order chi connectivity index (χ0) is 11.1. The van der Waals surface area contributed by atoms with Crippen LogP contribution >= 0.6 is 0 Å². The smallest absolute Gasteiger partial charge is 0.0622 e. The number of hydrogen-bond donors (Lipinski definition) is 1. The molecule has 1 rings (SSSR count). The molecule has 0 aliphatic carbocycles. The molecule has 1 fully saturated rings. The first-order chi connectivity index (χ1) is 7.31. The van der Waals surface area contributed by atoms with Crippen LogP contribution in [0.5, 0.6) is 0 Å². The average Bonchev–Trinajstić information content (AvgIpc) is 2.29. The maximum absolute atomic E-state index is 8.49. The first-order valence-electron chi connectivity index (χ1n) is 5.65. The summed E-state index contributed by atoms with van der Waals surface area (Å²) in [5, 5.41) is 8.49. The molecule has 0 saturated carbocycles. The Bertz CT molecular complexity index is 214. The summed E-state index contributed by atoms with van der Waals surface area (Å²) in [6.07, 6.45) is 4.07. The molecule has 0 spiro atoms. The molecule has 4 nitrogen and oxygen atoms in total. The van der Waals surface area contributed by atoms with Crippen molar-refractivity contribution in [2.75, 3.05) is 26.7 Å². The summed E-state index contributed by atoms with van der Waals surface area (Å²) in [7, 11) is 1.77. The van der Waals surface area contributed by atoms with Crippen molar-refractivity contribution in [1.29, 1.82) is 5.26 Å². The lowest BCUT2D eigenvalue weighted by atomic mass is 9.99. The Hall–Kier alpha value is -0.630. The van der Waals surface area contributed by atoms with Crippen LogP contribution in [0, 0.1) is 11.3 Å². The van der Waals surface area contributed by atoms with Gasteiger partial charge in [-0.05, 0) is 25.8 Å². The van der Waals surface area contributed by atoms with Gasteiger partial charge in [-0.2, -0.15) is 5.26 Å². The largest absolute Gasteiger partial charge is 0.381 e. The van der Waals surface area contributed by atoms with Gasteiger partial charge in [0, 0.05) is 32.7 Å². The van der Waals surface area contributed by atoms with Crippen LogP contribution in [0.1, 0.15) is 25.7 Å². The van der Waals surface area contributed by atoms with Crippen molar-refractivity contribution in [3.8, 4) is 6.07 Å². The van der Waals surface area contributed by atoms with Gasteiger partial charge in [0.1, 0.15) is 0 Å². The van der Waals surface area contributed by atoms with Crippen molar-refractivity contribution in [1.82, 2.24) is 4.90 Å². The molecule has 0 radical (unpaired) electrons. The fourth-order valence-corrected chi connectivity index (χ4v) is 2.18. The predicted octanol–water partition coefficient (Wildman–Crippen LogP) is 0.728. The van der Waals surface area contributed by atoms with Crippen LogP contribution in [0.3, 0.4) is 0 Å². The lowest BCUT2D eigenvalue weighted by Crippen LogP contribution is -2.48. The molecular formula is C11H21N3O. The molecule has 0 aromatic rings. The normalized spacial score (nSPS) is 27.5. The summed E-state index contributed by atoms with van der Waals surface area (Å²) in [6, 6.07) is 2.61. The number of rotatable bonds is 5. The number of nitriles is 1. The van der Waals surface area contributed by atoms with Crippen molar-refractivity contribution in [3.05, 3.63) is 0 Å². The topological polar surface area (TPSA) is 62.3 Å². The summed E-state index contributed by atoms with van der Waals surface area (Å²) in [5.41, 5.74) is 5.75. The van der Waals surface area contributed by atoms with E-state index in [4.69, 9.17) is 15.7 Å². The maximum atomic E-state index is 8.49. The third-order valence-electron chi connectivity index (χ3n) is 3.13. The third-order valence-corrected chi connectivity index (χ3v) is 3.13. The Labute approximate surface area is 92.0 Å². The molecule has 1 saturated heterocycles. The predicted molar refractivity (Wildman–Crippen MR) is 59.3 cm³/mol. The molecule has 2 N–H and O–H groups in total. The SMILES string of the molecule is COC1CCN(CCCC#N)C(CN)C1. The van der Waals surface area contributed by atoms with Crippen molar-refractivity contribution < 1.29 is 4.74 Å². The van der Waals surface area contributed by atoms with Gasteiger partial charge in [-0.15, -0.1) is 0 Å². The van der Waals surface area contributed by atoms with E-state index in [0.717, 1.165) is 32.4 Å². The Kier molecular flexibility index (Phi) is 5.62. The number of nitrogens with zero attached hydrogens (tertiary/aromatic N) is 2. The van der Waals surface area contributed by atoms with Crippen molar-refractivity contribution >= 4 is 0 Å². The molecule has 1 aliphatic heterocycles. The van der Waals surface area contributed by atoms with Gasteiger partial charge < -0.3 is 10.5 Å². The van der Waals surface area contributed by atoms with Gasteiger partial charge >= 0.3 is 0 Å². The van der Waals surface area contributed by atoms with E-state index < -0.39 is 0 Å². The van der Waals surface area contributed by atoms with Crippen molar-refractivity contribution in [2.24, 2.45) is 5.73 Å². The molecule has 15 heavy (non-hydrogen) atoms.